The van der Waals surface area contributed by atoms with Crippen molar-refractivity contribution >= 4 is 12.6 Å². The van der Waals surface area contributed by atoms with Crippen LogP contribution < -0.4 is 5.73 Å². The van der Waals surface area contributed by atoms with E-state index in [2.05, 4.69) is 47.3 Å². The van der Waals surface area contributed by atoms with Crippen LogP contribution in [0, 0.1) is 22.7 Å². The third-order valence-corrected chi connectivity index (χ3v) is 6.07. The monoisotopic (exact) mass is 319 g/mol. The lowest BCUT2D eigenvalue weighted by atomic mass is 9.65. The topological polar surface area (TPSA) is 26.0 Å². The van der Waals surface area contributed by atoms with Gasteiger partial charge in [0.05, 0.1) is 0 Å². The number of hydrogen-bond donors (Lipinski definition) is 2. The third kappa shape index (κ3) is 3.82. The Balaban J connectivity index is 2.36. The van der Waals surface area contributed by atoms with Crippen molar-refractivity contribution in [3.05, 3.63) is 34.4 Å². The van der Waals surface area contributed by atoms with Gasteiger partial charge in [-0.1, -0.05) is 60.1 Å². The number of nitrogens with two attached hydrogens (primary N) is 1. The molecule has 0 aromatic carbocycles. The van der Waals surface area contributed by atoms with Crippen LogP contribution in [-0.2, 0) is 0 Å². The maximum Gasteiger partial charge on any atom is 0.0314 e. The molecule has 22 heavy (non-hydrogen) atoms. The molecule has 2 N–H and O–H groups in total. The van der Waals surface area contributed by atoms with E-state index in [-0.39, 0.29) is 10.8 Å². The molecule has 1 fully saturated rings. The zero-order chi connectivity index (χ0) is 16.7. The van der Waals surface area contributed by atoms with E-state index in [0.29, 0.717) is 11.6 Å². The lowest BCUT2D eigenvalue weighted by Crippen LogP contribution is -2.31. The van der Waals surface area contributed by atoms with E-state index in [0.717, 1.165) is 18.8 Å². The van der Waals surface area contributed by atoms with Crippen molar-refractivity contribution in [1.82, 2.24) is 0 Å². The molecule has 0 saturated heterocycles. The highest BCUT2D eigenvalue weighted by atomic mass is 32.1. The number of hydrogen-bond acceptors (Lipinski definition) is 2. The smallest absolute Gasteiger partial charge is 0.0314 e. The van der Waals surface area contributed by atoms with Crippen LogP contribution in [-0.4, -0.2) is 0 Å². The van der Waals surface area contributed by atoms with Crippen molar-refractivity contribution in [2.75, 3.05) is 0 Å². The summed E-state index contributed by atoms with van der Waals surface area (Å²) in [7, 11) is 0. The molecule has 0 amide bonds. The molecule has 0 heterocycles. The van der Waals surface area contributed by atoms with Gasteiger partial charge in [-0.3, -0.25) is 0 Å². The Bertz CT molecular complexity index is 522. The van der Waals surface area contributed by atoms with E-state index in [9.17, 15) is 0 Å². The summed E-state index contributed by atoms with van der Waals surface area (Å²) in [5.41, 5.74) is 9.78. The summed E-state index contributed by atoms with van der Waals surface area (Å²) in [6, 6.07) is 0. The fourth-order valence-corrected chi connectivity index (χ4v) is 4.61. The molecule has 124 valence electrons. The van der Waals surface area contributed by atoms with Crippen LogP contribution in [0.15, 0.2) is 34.4 Å². The fourth-order valence-electron chi connectivity index (χ4n) is 4.33. The van der Waals surface area contributed by atoms with E-state index in [1.807, 2.05) is 0 Å². The molecule has 0 aromatic heterocycles. The second-order valence-electron chi connectivity index (χ2n) is 8.78. The van der Waals surface area contributed by atoms with Crippen molar-refractivity contribution in [1.29, 1.82) is 0 Å². The van der Waals surface area contributed by atoms with Gasteiger partial charge in [-0.25, -0.2) is 0 Å². The average molecular weight is 320 g/mol. The molecule has 0 bridgehead atoms. The summed E-state index contributed by atoms with van der Waals surface area (Å²) in [4.78, 5) is 1.21. The van der Waals surface area contributed by atoms with E-state index >= 15 is 0 Å². The maximum atomic E-state index is 6.17. The molecule has 2 atom stereocenters. The Morgan fingerprint density at radius 1 is 1.36 bits per heavy atom. The molecular formula is C20H33NS. The van der Waals surface area contributed by atoms with Gasteiger partial charge in [0.2, 0.25) is 0 Å². The van der Waals surface area contributed by atoms with Crippen LogP contribution in [0.2, 0.25) is 0 Å². The molecule has 0 aliphatic heterocycles. The van der Waals surface area contributed by atoms with E-state index in [1.54, 1.807) is 0 Å². The molecule has 0 spiro atoms. The summed E-state index contributed by atoms with van der Waals surface area (Å²) in [5.74, 6) is 1.55. The van der Waals surface area contributed by atoms with E-state index in [1.165, 1.54) is 35.3 Å². The zero-order valence-electron chi connectivity index (χ0n) is 15.0. The van der Waals surface area contributed by atoms with Crippen molar-refractivity contribution in [2.24, 2.45) is 28.4 Å². The quantitative estimate of drug-likeness (QED) is 0.482. The summed E-state index contributed by atoms with van der Waals surface area (Å²) in [6.45, 7) is 15.6. The molecule has 2 unspecified atom stereocenters. The Hall–Kier alpha value is -0.630. The van der Waals surface area contributed by atoms with Crippen molar-refractivity contribution < 1.29 is 0 Å². The predicted octanol–water partition coefficient (Wildman–Crippen LogP) is 5.85. The van der Waals surface area contributed by atoms with Gasteiger partial charge in [-0.05, 0) is 58.0 Å². The fraction of sp³-hybridized carbons (Fsp3) is 0.700. The van der Waals surface area contributed by atoms with Gasteiger partial charge >= 0.3 is 0 Å². The van der Waals surface area contributed by atoms with Gasteiger partial charge in [-0.15, -0.1) is 12.6 Å². The Kier molecular flexibility index (Phi) is 4.92. The number of allylic oxidation sites excluding steroid dienone is 3. The molecule has 1 nitrogen and oxygen atoms in total. The Morgan fingerprint density at radius 3 is 2.55 bits per heavy atom. The van der Waals surface area contributed by atoms with Gasteiger partial charge in [-0.2, -0.15) is 0 Å². The Labute approximate surface area is 142 Å². The van der Waals surface area contributed by atoms with Gasteiger partial charge in [0.1, 0.15) is 0 Å². The van der Waals surface area contributed by atoms with Crippen molar-refractivity contribution in [3.63, 3.8) is 0 Å². The minimum absolute atomic E-state index is 0.112. The highest BCUT2D eigenvalue weighted by Crippen LogP contribution is 2.53. The first-order valence-corrected chi connectivity index (χ1v) is 9.11. The van der Waals surface area contributed by atoms with Crippen LogP contribution in [0.4, 0.5) is 0 Å². The second kappa shape index (κ2) is 6.11. The predicted molar refractivity (Wildman–Crippen MR) is 101 cm³/mol. The number of thiol groups is 1. The van der Waals surface area contributed by atoms with Gasteiger partial charge in [0.15, 0.2) is 0 Å². The Morgan fingerprint density at radius 2 is 2.00 bits per heavy atom. The standard InChI is InChI=1S/C20H33NS/c1-7-8-14-9-15(14)10-16(13(2)21)17-11-19(3,4)12-20(5,6)18(17)22/h10,14-15,22H,2,7-9,11-12,21H2,1,3-6H3/b16-10+. The van der Waals surface area contributed by atoms with Crippen molar-refractivity contribution in [2.45, 2.75) is 66.7 Å². The molecule has 2 aliphatic rings. The highest BCUT2D eigenvalue weighted by Gasteiger charge is 2.40. The average Bonchev–Trinajstić information content (AvgIpc) is 3.08. The highest BCUT2D eigenvalue weighted by molar-refractivity contribution is 7.84. The largest absolute Gasteiger partial charge is 0.399 e. The third-order valence-electron chi connectivity index (χ3n) is 5.19. The van der Waals surface area contributed by atoms with Gasteiger partial charge in [0.25, 0.3) is 0 Å². The lowest BCUT2D eigenvalue weighted by Gasteiger charge is -2.43. The SMILES string of the molecule is C=C(N)/C(=C\C1CC1CCC)C1=C(S)C(C)(C)CC(C)(C)C1. The summed E-state index contributed by atoms with van der Waals surface area (Å²) in [6.07, 6.45) is 8.51. The minimum Gasteiger partial charge on any atom is -0.399 e. The molecule has 2 aliphatic carbocycles. The minimum atomic E-state index is 0.112. The van der Waals surface area contributed by atoms with Crippen LogP contribution >= 0.6 is 12.6 Å². The van der Waals surface area contributed by atoms with Crippen LogP contribution in [0.5, 0.6) is 0 Å². The van der Waals surface area contributed by atoms with Crippen LogP contribution in [0.3, 0.4) is 0 Å². The van der Waals surface area contributed by atoms with E-state index in [4.69, 9.17) is 18.4 Å². The van der Waals surface area contributed by atoms with Crippen LogP contribution in [0.1, 0.15) is 66.7 Å². The first kappa shape index (κ1) is 17.7. The molecule has 2 rings (SSSR count). The molecule has 2 heteroatoms. The molecule has 1 saturated carbocycles. The maximum absolute atomic E-state index is 6.17. The summed E-state index contributed by atoms with van der Waals surface area (Å²) >= 11 is 4.90. The normalized spacial score (nSPS) is 30.4. The van der Waals surface area contributed by atoms with Crippen LogP contribution in [0.25, 0.3) is 0 Å². The summed E-state index contributed by atoms with van der Waals surface area (Å²) < 4.78 is 0. The zero-order valence-corrected chi connectivity index (χ0v) is 15.9. The first-order chi connectivity index (χ1) is 10.1. The molecule has 0 aromatic rings. The lowest BCUT2D eigenvalue weighted by molar-refractivity contribution is 0.212. The van der Waals surface area contributed by atoms with Gasteiger partial charge < -0.3 is 5.73 Å². The molecular weight excluding hydrogens is 286 g/mol. The first-order valence-electron chi connectivity index (χ1n) is 8.67. The van der Waals surface area contributed by atoms with Crippen molar-refractivity contribution in [3.8, 4) is 0 Å². The number of rotatable bonds is 5. The van der Waals surface area contributed by atoms with E-state index < -0.39 is 0 Å². The molecule has 0 radical (unpaired) electrons. The second-order valence-corrected chi connectivity index (χ2v) is 9.23. The van der Waals surface area contributed by atoms with Gasteiger partial charge in [0, 0.05) is 5.70 Å². The summed E-state index contributed by atoms with van der Waals surface area (Å²) in [5, 5.41) is 0.